The quantitative estimate of drug-likeness (QED) is 0.239. The summed E-state index contributed by atoms with van der Waals surface area (Å²) in [5, 5.41) is 10.9. The van der Waals surface area contributed by atoms with Crippen LogP contribution in [-0.4, -0.2) is 70.5 Å². The van der Waals surface area contributed by atoms with E-state index in [0.29, 0.717) is 6.61 Å². The molecule has 0 unspecified atom stereocenters. The van der Waals surface area contributed by atoms with Crippen LogP contribution in [0.5, 0.6) is 5.75 Å². The molecule has 2 aromatic heterocycles. The first kappa shape index (κ1) is 20.9. The summed E-state index contributed by atoms with van der Waals surface area (Å²) < 4.78 is 9.20. The number of imidazole rings is 1. The highest BCUT2D eigenvalue weighted by molar-refractivity contribution is 7.23. The Kier molecular flexibility index (Phi) is 5.77. The van der Waals surface area contributed by atoms with Crippen molar-refractivity contribution in [3.8, 4) is 17.0 Å². The van der Waals surface area contributed by atoms with Crippen LogP contribution in [0.25, 0.3) is 26.4 Å². The van der Waals surface area contributed by atoms with Gasteiger partial charge in [-0.2, -0.15) is 0 Å². The fourth-order valence-electron chi connectivity index (χ4n) is 4.01. The van der Waals surface area contributed by atoms with Gasteiger partial charge in [-0.25, -0.2) is 4.98 Å². The van der Waals surface area contributed by atoms with E-state index >= 15 is 0 Å². The van der Waals surface area contributed by atoms with Gasteiger partial charge in [-0.1, -0.05) is 11.3 Å². The van der Waals surface area contributed by atoms with Crippen molar-refractivity contribution in [3.63, 3.8) is 0 Å². The molecule has 0 saturated carbocycles. The molecule has 1 aliphatic heterocycles. The predicted octanol–water partition coefficient (Wildman–Crippen LogP) is 4.14. The molecule has 0 spiro atoms. The molecule has 0 radical (unpaired) electrons. The van der Waals surface area contributed by atoms with Gasteiger partial charge in [0.05, 0.1) is 27.4 Å². The van der Waals surface area contributed by atoms with Crippen molar-refractivity contribution in [2.24, 2.45) is 0 Å². The van der Waals surface area contributed by atoms with Gasteiger partial charge >= 0.3 is 0 Å². The monoisotopic (exact) mass is 451 g/mol. The topological polar surface area (TPSA) is 76.1 Å². The minimum atomic E-state index is -0.394. The van der Waals surface area contributed by atoms with E-state index in [1.165, 1.54) is 12.1 Å². The molecule has 0 bridgehead atoms. The standard InChI is InChI=1S/C23H25N5O3S/c1-25-10-12-26(13-11-25)9-2-14-31-19-7-8-21-22(15-19)32-23-24-20(16-27(21)23)17-3-5-18(6-4-17)28(29)30/h3-8,15-16H,2,9-14H2,1H3. The number of nitro benzene ring substituents is 1. The van der Waals surface area contributed by atoms with E-state index < -0.39 is 4.92 Å². The molecule has 4 aromatic rings. The summed E-state index contributed by atoms with van der Waals surface area (Å²) in [6, 6.07) is 12.6. The zero-order valence-corrected chi connectivity index (χ0v) is 18.8. The molecule has 3 heterocycles. The van der Waals surface area contributed by atoms with Gasteiger partial charge in [0, 0.05) is 56.6 Å². The number of nitro groups is 1. The summed E-state index contributed by atoms with van der Waals surface area (Å²) in [6.07, 6.45) is 3.00. The summed E-state index contributed by atoms with van der Waals surface area (Å²) in [6.45, 7) is 6.35. The van der Waals surface area contributed by atoms with E-state index in [9.17, 15) is 10.1 Å². The minimum Gasteiger partial charge on any atom is -0.493 e. The third kappa shape index (κ3) is 4.32. The smallest absolute Gasteiger partial charge is 0.269 e. The van der Waals surface area contributed by atoms with Crippen LogP contribution in [0.2, 0.25) is 0 Å². The molecule has 32 heavy (non-hydrogen) atoms. The van der Waals surface area contributed by atoms with E-state index in [-0.39, 0.29) is 5.69 Å². The van der Waals surface area contributed by atoms with E-state index in [1.54, 1.807) is 23.5 Å². The molecule has 1 saturated heterocycles. The van der Waals surface area contributed by atoms with E-state index in [2.05, 4.69) is 33.4 Å². The Hall–Kier alpha value is -3.01. The Morgan fingerprint density at radius 2 is 1.91 bits per heavy atom. The fourth-order valence-corrected chi connectivity index (χ4v) is 5.05. The summed E-state index contributed by atoms with van der Waals surface area (Å²) in [5.41, 5.74) is 2.82. The number of piperazine rings is 1. The number of thiazole rings is 1. The number of hydrogen-bond acceptors (Lipinski definition) is 7. The Labute approximate surface area is 189 Å². The number of aromatic nitrogens is 2. The lowest BCUT2D eigenvalue weighted by Crippen LogP contribution is -2.44. The lowest BCUT2D eigenvalue weighted by molar-refractivity contribution is -0.384. The Balaban J connectivity index is 1.24. The Bertz CT molecular complexity index is 1240. The summed E-state index contributed by atoms with van der Waals surface area (Å²) in [7, 11) is 2.18. The maximum absolute atomic E-state index is 10.9. The van der Waals surface area contributed by atoms with Crippen LogP contribution in [0.15, 0.2) is 48.7 Å². The molecule has 0 N–H and O–H groups in total. The number of nitrogens with zero attached hydrogens (tertiary/aromatic N) is 5. The average molecular weight is 452 g/mol. The molecule has 166 valence electrons. The fraction of sp³-hybridized carbons (Fsp3) is 0.348. The van der Waals surface area contributed by atoms with Crippen LogP contribution in [-0.2, 0) is 0 Å². The highest BCUT2D eigenvalue weighted by atomic mass is 32.1. The SMILES string of the molecule is CN1CCN(CCCOc2ccc3c(c2)sc2nc(-c4ccc([N+](=O)[O-])cc4)cn23)CC1. The number of hydrogen-bond donors (Lipinski definition) is 0. The molecule has 0 atom stereocenters. The summed E-state index contributed by atoms with van der Waals surface area (Å²) in [4.78, 5) is 20.9. The van der Waals surface area contributed by atoms with E-state index in [1.807, 2.05) is 12.3 Å². The molecule has 1 fully saturated rings. The summed E-state index contributed by atoms with van der Waals surface area (Å²) >= 11 is 1.61. The Morgan fingerprint density at radius 3 is 2.66 bits per heavy atom. The first-order chi connectivity index (χ1) is 15.6. The van der Waals surface area contributed by atoms with Gasteiger partial charge in [-0.15, -0.1) is 0 Å². The average Bonchev–Trinajstić information content (AvgIpc) is 3.36. The van der Waals surface area contributed by atoms with Crippen LogP contribution in [0.3, 0.4) is 0 Å². The second-order valence-electron chi connectivity index (χ2n) is 8.16. The van der Waals surface area contributed by atoms with Crippen molar-refractivity contribution >= 4 is 32.2 Å². The van der Waals surface area contributed by atoms with Crippen molar-refractivity contribution in [3.05, 3.63) is 58.8 Å². The van der Waals surface area contributed by atoms with Crippen LogP contribution < -0.4 is 4.74 Å². The van der Waals surface area contributed by atoms with Crippen molar-refractivity contribution in [1.29, 1.82) is 0 Å². The van der Waals surface area contributed by atoms with Crippen LogP contribution >= 0.6 is 11.3 Å². The number of fused-ring (bicyclic) bond motifs is 3. The molecular formula is C23H25N5O3S. The molecule has 0 amide bonds. The molecule has 9 heteroatoms. The van der Waals surface area contributed by atoms with E-state index in [0.717, 1.165) is 71.3 Å². The van der Waals surface area contributed by atoms with Crippen molar-refractivity contribution in [2.75, 3.05) is 46.4 Å². The number of non-ortho nitro benzene ring substituents is 1. The summed E-state index contributed by atoms with van der Waals surface area (Å²) in [5.74, 6) is 0.885. The van der Waals surface area contributed by atoms with Gasteiger partial charge in [0.1, 0.15) is 5.75 Å². The molecule has 0 aliphatic carbocycles. The molecule has 8 nitrogen and oxygen atoms in total. The zero-order valence-electron chi connectivity index (χ0n) is 17.9. The maximum Gasteiger partial charge on any atom is 0.269 e. The second kappa shape index (κ2) is 8.85. The van der Waals surface area contributed by atoms with Crippen LogP contribution in [0.4, 0.5) is 5.69 Å². The van der Waals surface area contributed by atoms with Gasteiger partial charge in [-0.3, -0.25) is 14.5 Å². The van der Waals surface area contributed by atoms with Crippen molar-refractivity contribution < 1.29 is 9.66 Å². The second-order valence-corrected chi connectivity index (χ2v) is 9.17. The lowest BCUT2D eigenvalue weighted by Gasteiger charge is -2.32. The number of ether oxygens (including phenoxy) is 1. The predicted molar refractivity (Wildman–Crippen MR) is 127 cm³/mol. The van der Waals surface area contributed by atoms with Gasteiger partial charge < -0.3 is 14.5 Å². The van der Waals surface area contributed by atoms with Crippen LogP contribution in [0, 0.1) is 10.1 Å². The minimum absolute atomic E-state index is 0.0799. The third-order valence-corrected chi connectivity index (χ3v) is 6.94. The maximum atomic E-state index is 10.9. The highest BCUT2D eigenvalue weighted by Gasteiger charge is 2.14. The lowest BCUT2D eigenvalue weighted by atomic mass is 10.1. The highest BCUT2D eigenvalue weighted by Crippen LogP contribution is 2.32. The number of likely N-dealkylation sites (N-methyl/N-ethyl adjacent to an activating group) is 1. The normalized spacial score (nSPS) is 15.5. The zero-order chi connectivity index (χ0) is 22.1. The van der Waals surface area contributed by atoms with Crippen molar-refractivity contribution in [1.82, 2.24) is 19.2 Å². The van der Waals surface area contributed by atoms with Gasteiger partial charge in [-0.05, 0) is 43.8 Å². The number of benzene rings is 2. The van der Waals surface area contributed by atoms with E-state index in [4.69, 9.17) is 9.72 Å². The molecular weight excluding hydrogens is 426 g/mol. The van der Waals surface area contributed by atoms with Gasteiger partial charge in [0.2, 0.25) is 0 Å². The van der Waals surface area contributed by atoms with Gasteiger partial charge in [0.25, 0.3) is 5.69 Å². The first-order valence-electron chi connectivity index (χ1n) is 10.8. The number of rotatable bonds is 7. The molecule has 1 aliphatic rings. The molecule has 5 rings (SSSR count). The first-order valence-corrected chi connectivity index (χ1v) is 11.6. The largest absolute Gasteiger partial charge is 0.493 e. The van der Waals surface area contributed by atoms with Crippen molar-refractivity contribution in [2.45, 2.75) is 6.42 Å². The van der Waals surface area contributed by atoms with Gasteiger partial charge in [0.15, 0.2) is 4.96 Å². The third-order valence-electron chi connectivity index (χ3n) is 5.92. The Morgan fingerprint density at radius 1 is 1.12 bits per heavy atom. The van der Waals surface area contributed by atoms with Crippen LogP contribution in [0.1, 0.15) is 6.42 Å². The molecule has 2 aromatic carbocycles.